The summed E-state index contributed by atoms with van der Waals surface area (Å²) < 4.78 is 5.48. The molecule has 1 amide bonds. The Morgan fingerprint density at radius 1 is 0.415 bits per heavy atom. The van der Waals surface area contributed by atoms with Gasteiger partial charge in [-0.15, -0.1) is 0 Å². The van der Waals surface area contributed by atoms with E-state index in [2.05, 4.69) is 31.3 Å². The standard InChI is InChI=1S/C59H113NO5/c1-3-5-7-9-11-13-15-17-24-29-33-37-41-45-49-53-59(64)65-54-50-46-42-38-34-30-26-23-21-19-18-20-22-25-28-32-36-40-44-48-52-58(63)60-56(55-61)57(62)51-47-43-39-35-31-27-16-14-12-10-8-6-4-2/h17,24,47,51,56-57,61-62H,3-16,18-23,25-46,48-50,52-55H2,1-2H3,(H,60,63)/b24-17-,51-47+. The van der Waals surface area contributed by atoms with E-state index in [1.54, 1.807) is 6.08 Å². The normalized spacial score (nSPS) is 12.7. The van der Waals surface area contributed by atoms with Crippen LogP contribution in [0.1, 0.15) is 316 Å². The predicted molar refractivity (Wildman–Crippen MR) is 283 cm³/mol. The Hall–Kier alpha value is -1.66. The lowest BCUT2D eigenvalue weighted by Crippen LogP contribution is -2.45. The summed E-state index contributed by atoms with van der Waals surface area (Å²) in [5.74, 6) is -0.0675. The highest BCUT2D eigenvalue weighted by molar-refractivity contribution is 5.76. The second-order valence-corrected chi connectivity index (χ2v) is 20.0. The number of amides is 1. The highest BCUT2D eigenvalue weighted by atomic mass is 16.5. The van der Waals surface area contributed by atoms with Gasteiger partial charge < -0.3 is 20.3 Å². The molecular formula is C59H113NO5. The van der Waals surface area contributed by atoms with Gasteiger partial charge in [0.15, 0.2) is 0 Å². The van der Waals surface area contributed by atoms with Crippen LogP contribution in [-0.2, 0) is 14.3 Å². The summed E-state index contributed by atoms with van der Waals surface area (Å²) in [6, 6.07) is -0.628. The van der Waals surface area contributed by atoms with E-state index in [0.717, 1.165) is 44.9 Å². The minimum absolute atomic E-state index is 0.00205. The number of hydrogen-bond donors (Lipinski definition) is 3. The summed E-state index contributed by atoms with van der Waals surface area (Å²) in [6.45, 7) is 4.90. The van der Waals surface area contributed by atoms with Crippen molar-refractivity contribution in [2.24, 2.45) is 0 Å². The van der Waals surface area contributed by atoms with E-state index in [-0.39, 0.29) is 18.5 Å². The number of rotatable bonds is 54. The molecule has 6 heteroatoms. The van der Waals surface area contributed by atoms with Gasteiger partial charge in [0, 0.05) is 12.8 Å². The minimum Gasteiger partial charge on any atom is -0.466 e. The Balaban J connectivity index is 3.40. The minimum atomic E-state index is -0.844. The van der Waals surface area contributed by atoms with Gasteiger partial charge in [0.25, 0.3) is 0 Å². The average molecular weight is 917 g/mol. The van der Waals surface area contributed by atoms with Crippen molar-refractivity contribution in [3.63, 3.8) is 0 Å². The Bertz CT molecular complexity index is 1010. The van der Waals surface area contributed by atoms with Gasteiger partial charge >= 0.3 is 5.97 Å². The smallest absolute Gasteiger partial charge is 0.305 e. The number of ether oxygens (including phenoxy) is 1. The van der Waals surface area contributed by atoms with Gasteiger partial charge in [-0.25, -0.2) is 0 Å². The molecule has 6 nitrogen and oxygen atoms in total. The Labute approximate surface area is 405 Å². The van der Waals surface area contributed by atoms with Crippen molar-refractivity contribution >= 4 is 11.9 Å². The van der Waals surface area contributed by atoms with Crippen LogP contribution >= 0.6 is 0 Å². The lowest BCUT2D eigenvalue weighted by atomic mass is 10.0. The van der Waals surface area contributed by atoms with Crippen LogP contribution in [0.4, 0.5) is 0 Å². The maximum absolute atomic E-state index is 12.4. The van der Waals surface area contributed by atoms with E-state index in [1.165, 1.54) is 244 Å². The third-order valence-electron chi connectivity index (χ3n) is 13.5. The summed E-state index contributed by atoms with van der Waals surface area (Å²) in [4.78, 5) is 24.5. The van der Waals surface area contributed by atoms with Crippen LogP contribution in [0, 0.1) is 0 Å². The number of allylic oxidation sites excluding steroid dienone is 3. The average Bonchev–Trinajstić information content (AvgIpc) is 3.31. The summed E-state index contributed by atoms with van der Waals surface area (Å²) in [5.41, 5.74) is 0. The molecule has 0 aromatic carbocycles. The second kappa shape index (κ2) is 54.9. The number of esters is 1. The van der Waals surface area contributed by atoms with Crippen molar-refractivity contribution in [2.45, 2.75) is 328 Å². The molecule has 0 aliphatic heterocycles. The first-order valence-corrected chi connectivity index (χ1v) is 29.1. The molecule has 0 spiro atoms. The first kappa shape index (κ1) is 63.3. The lowest BCUT2D eigenvalue weighted by molar-refractivity contribution is -0.143. The molecule has 0 rings (SSSR count). The third-order valence-corrected chi connectivity index (χ3v) is 13.5. The van der Waals surface area contributed by atoms with Crippen LogP contribution in [0.5, 0.6) is 0 Å². The number of aliphatic hydroxyl groups excluding tert-OH is 2. The van der Waals surface area contributed by atoms with Crippen molar-refractivity contribution in [3.05, 3.63) is 24.3 Å². The van der Waals surface area contributed by atoms with Gasteiger partial charge in [0.2, 0.25) is 5.91 Å². The molecule has 384 valence electrons. The topological polar surface area (TPSA) is 95.9 Å². The Morgan fingerprint density at radius 2 is 0.723 bits per heavy atom. The molecule has 0 aromatic rings. The van der Waals surface area contributed by atoms with Crippen molar-refractivity contribution < 1.29 is 24.5 Å². The van der Waals surface area contributed by atoms with E-state index < -0.39 is 12.1 Å². The first-order valence-electron chi connectivity index (χ1n) is 29.1. The lowest BCUT2D eigenvalue weighted by Gasteiger charge is -2.20. The fraction of sp³-hybridized carbons (Fsp3) is 0.898. The van der Waals surface area contributed by atoms with Gasteiger partial charge in [-0.05, 0) is 57.8 Å². The third kappa shape index (κ3) is 51.6. The van der Waals surface area contributed by atoms with Crippen molar-refractivity contribution in [2.75, 3.05) is 13.2 Å². The zero-order chi connectivity index (χ0) is 47.2. The van der Waals surface area contributed by atoms with Crippen LogP contribution in [0.2, 0.25) is 0 Å². The second-order valence-electron chi connectivity index (χ2n) is 20.0. The molecular weight excluding hydrogens is 803 g/mol. The SMILES string of the molecule is CCCCCCCC/C=C\CCCCCCCC(=O)OCCCCCCCCCCCCCCCCCCCCCCC(=O)NC(CO)C(O)/C=C/CCCCCCCCCCCCC. The molecule has 0 aliphatic rings. The molecule has 0 fully saturated rings. The van der Waals surface area contributed by atoms with E-state index in [9.17, 15) is 19.8 Å². The van der Waals surface area contributed by atoms with Crippen LogP contribution < -0.4 is 5.32 Å². The molecule has 0 aromatic heterocycles. The van der Waals surface area contributed by atoms with Crippen molar-refractivity contribution in [1.29, 1.82) is 0 Å². The molecule has 0 aliphatic carbocycles. The fourth-order valence-corrected chi connectivity index (χ4v) is 8.98. The van der Waals surface area contributed by atoms with Gasteiger partial charge in [-0.2, -0.15) is 0 Å². The molecule has 2 atom stereocenters. The number of unbranched alkanes of at least 4 members (excludes halogenated alkanes) is 41. The van der Waals surface area contributed by atoms with Gasteiger partial charge in [-0.1, -0.05) is 269 Å². The molecule has 2 unspecified atom stereocenters. The number of carbonyl (C=O) groups is 2. The molecule has 0 radical (unpaired) electrons. The predicted octanol–water partition coefficient (Wildman–Crippen LogP) is 17.9. The monoisotopic (exact) mass is 916 g/mol. The van der Waals surface area contributed by atoms with Gasteiger partial charge in [0.05, 0.1) is 25.4 Å². The van der Waals surface area contributed by atoms with E-state index >= 15 is 0 Å². The maximum Gasteiger partial charge on any atom is 0.305 e. The summed E-state index contributed by atoms with van der Waals surface area (Å²) in [7, 11) is 0. The van der Waals surface area contributed by atoms with Crippen LogP contribution in [-0.4, -0.2) is 47.4 Å². The van der Waals surface area contributed by atoms with Crippen LogP contribution in [0.25, 0.3) is 0 Å². The molecule has 0 saturated heterocycles. The molecule has 0 heterocycles. The molecule has 0 saturated carbocycles. The molecule has 0 bridgehead atoms. The summed E-state index contributed by atoms with van der Waals surface area (Å²) in [5, 5.41) is 23.1. The van der Waals surface area contributed by atoms with E-state index in [0.29, 0.717) is 19.4 Å². The van der Waals surface area contributed by atoms with Gasteiger partial charge in [0.1, 0.15) is 0 Å². The van der Waals surface area contributed by atoms with Crippen LogP contribution in [0.3, 0.4) is 0 Å². The van der Waals surface area contributed by atoms with E-state index in [4.69, 9.17) is 4.74 Å². The zero-order valence-electron chi connectivity index (χ0n) is 43.7. The summed E-state index contributed by atoms with van der Waals surface area (Å²) >= 11 is 0. The van der Waals surface area contributed by atoms with Crippen molar-refractivity contribution in [3.8, 4) is 0 Å². The van der Waals surface area contributed by atoms with Crippen LogP contribution in [0.15, 0.2) is 24.3 Å². The van der Waals surface area contributed by atoms with E-state index in [1.807, 2.05) is 6.08 Å². The number of hydrogen-bond acceptors (Lipinski definition) is 5. The molecule has 3 N–H and O–H groups in total. The van der Waals surface area contributed by atoms with Gasteiger partial charge in [-0.3, -0.25) is 9.59 Å². The first-order chi connectivity index (χ1) is 32.0. The largest absolute Gasteiger partial charge is 0.466 e. The fourth-order valence-electron chi connectivity index (χ4n) is 8.98. The molecule has 65 heavy (non-hydrogen) atoms. The quantitative estimate of drug-likeness (QED) is 0.0321. The number of aliphatic hydroxyl groups is 2. The number of nitrogens with one attached hydrogen (secondary N) is 1. The Kier molecular flexibility index (Phi) is 53.5. The number of carbonyl (C=O) groups excluding carboxylic acids is 2. The maximum atomic E-state index is 12.4. The zero-order valence-corrected chi connectivity index (χ0v) is 43.7. The highest BCUT2D eigenvalue weighted by Crippen LogP contribution is 2.17. The summed E-state index contributed by atoms with van der Waals surface area (Å²) in [6.07, 6.45) is 66.3. The Morgan fingerprint density at radius 3 is 1.09 bits per heavy atom. The highest BCUT2D eigenvalue weighted by Gasteiger charge is 2.18. The van der Waals surface area contributed by atoms with Crippen molar-refractivity contribution in [1.82, 2.24) is 5.32 Å².